The van der Waals surface area contributed by atoms with Gasteiger partial charge in [0, 0.05) is 20.2 Å². The van der Waals surface area contributed by atoms with E-state index in [1.54, 1.807) is 0 Å². The summed E-state index contributed by atoms with van der Waals surface area (Å²) in [5.41, 5.74) is 1.49. The van der Waals surface area contributed by atoms with E-state index in [1.165, 1.54) is 41.8 Å². The van der Waals surface area contributed by atoms with Gasteiger partial charge in [-0.1, -0.05) is 6.92 Å². The maximum absolute atomic E-state index is 13.3. The first-order chi connectivity index (χ1) is 15.7. The van der Waals surface area contributed by atoms with Gasteiger partial charge in [-0.05, 0) is 37.1 Å². The van der Waals surface area contributed by atoms with Crippen molar-refractivity contribution >= 4 is 27.9 Å². The van der Waals surface area contributed by atoms with E-state index in [-0.39, 0.29) is 24.4 Å². The number of imide groups is 1. The topological polar surface area (TPSA) is 146 Å². The van der Waals surface area contributed by atoms with Crippen LogP contribution in [-0.2, 0) is 24.3 Å². The van der Waals surface area contributed by atoms with Crippen molar-refractivity contribution in [3.63, 3.8) is 0 Å². The molecule has 13 heteroatoms. The highest BCUT2D eigenvalue weighted by molar-refractivity contribution is 7.89. The van der Waals surface area contributed by atoms with Crippen molar-refractivity contribution in [1.29, 1.82) is 0 Å². The number of carbonyl (C=O) groups excluding carboxylic acids is 3. The number of sulfonamides is 1. The van der Waals surface area contributed by atoms with Crippen molar-refractivity contribution in [3.05, 3.63) is 24.3 Å². The van der Waals surface area contributed by atoms with Crippen molar-refractivity contribution in [2.24, 2.45) is 0 Å². The molecule has 0 spiro atoms. The van der Waals surface area contributed by atoms with E-state index in [9.17, 15) is 22.8 Å². The predicted octanol–water partition coefficient (Wildman–Crippen LogP) is 0.0230. The number of hydroxylamine groups is 1. The van der Waals surface area contributed by atoms with Gasteiger partial charge < -0.3 is 14.4 Å². The summed E-state index contributed by atoms with van der Waals surface area (Å²) in [6.45, 7) is 2.59. The fourth-order valence-corrected chi connectivity index (χ4v) is 5.64. The summed E-state index contributed by atoms with van der Waals surface area (Å²) in [5.74, 6) is -0.942. The highest BCUT2D eigenvalue weighted by atomic mass is 32.2. The highest BCUT2D eigenvalue weighted by Crippen LogP contribution is 2.31. The Hall–Kier alpha value is -2.74. The van der Waals surface area contributed by atoms with Gasteiger partial charge in [-0.2, -0.15) is 4.31 Å². The van der Waals surface area contributed by atoms with Crippen LogP contribution in [0.15, 0.2) is 29.2 Å². The van der Waals surface area contributed by atoms with E-state index in [0.29, 0.717) is 31.9 Å². The van der Waals surface area contributed by atoms with Crippen LogP contribution >= 0.6 is 0 Å². The first kappa shape index (κ1) is 24.9. The van der Waals surface area contributed by atoms with Crippen molar-refractivity contribution in [3.8, 4) is 5.75 Å². The van der Waals surface area contributed by atoms with Crippen LogP contribution < -0.4 is 10.2 Å². The van der Waals surface area contributed by atoms with Crippen LogP contribution in [0, 0.1) is 0 Å². The van der Waals surface area contributed by atoms with Crippen molar-refractivity contribution < 1.29 is 37.5 Å². The molecule has 0 bridgehead atoms. The zero-order valence-electron chi connectivity index (χ0n) is 18.5. The van der Waals surface area contributed by atoms with E-state index in [0.717, 1.165) is 9.21 Å². The van der Waals surface area contributed by atoms with Gasteiger partial charge in [-0.25, -0.2) is 18.7 Å². The molecule has 0 aromatic heterocycles. The monoisotopic (exact) mass is 484 g/mol. The number of rotatable bonds is 10. The van der Waals surface area contributed by atoms with Crippen LogP contribution in [0.3, 0.4) is 0 Å². The summed E-state index contributed by atoms with van der Waals surface area (Å²) in [6.07, 6.45) is 0.542. The molecule has 0 aliphatic carbocycles. The third kappa shape index (κ3) is 5.11. The van der Waals surface area contributed by atoms with E-state index < -0.39 is 40.0 Å². The average Bonchev–Trinajstić information content (AvgIpc) is 3.35. The molecule has 12 nitrogen and oxygen atoms in total. The summed E-state index contributed by atoms with van der Waals surface area (Å²) in [4.78, 5) is 39.8. The maximum atomic E-state index is 13.3. The van der Waals surface area contributed by atoms with Crippen LogP contribution in [-0.4, -0.2) is 97.6 Å². The molecule has 2 aliphatic heterocycles. The first-order valence-corrected chi connectivity index (χ1v) is 12.0. The minimum absolute atomic E-state index is 0.0860. The molecule has 1 aromatic rings. The van der Waals surface area contributed by atoms with E-state index in [2.05, 4.69) is 0 Å². The molecule has 4 amide bonds. The number of urea groups is 1. The Morgan fingerprint density at radius 3 is 2.52 bits per heavy atom. The fourth-order valence-electron chi connectivity index (χ4n) is 4.01. The molecule has 1 unspecified atom stereocenters. The van der Waals surface area contributed by atoms with Crippen LogP contribution in [0.2, 0.25) is 0 Å². The predicted molar refractivity (Wildman–Crippen MR) is 114 cm³/mol. The molecule has 3 rings (SSSR count). The molecule has 2 aliphatic rings. The quantitative estimate of drug-likeness (QED) is 0.205. The van der Waals surface area contributed by atoms with Gasteiger partial charge >= 0.3 is 6.03 Å². The normalized spacial score (nSPS) is 21.7. The van der Waals surface area contributed by atoms with Gasteiger partial charge in [-0.3, -0.25) is 19.7 Å². The summed E-state index contributed by atoms with van der Waals surface area (Å²) in [6, 6.07) is 3.01. The molecule has 2 fully saturated rings. The standard InChI is InChI=1S/C20H28N4O8S/c1-3-8-22-13-18(25)24(20(22)27)14-11-17(19(26)21-28)23(12-14)33(29,30)16-6-4-15(5-7-16)32-10-9-31-2/h4-7,14,17,28H,3,8-13H2,1-2H3,(H,21,26)/t14?,17-/m1/s1. The van der Waals surface area contributed by atoms with Gasteiger partial charge in [0.25, 0.3) is 11.8 Å². The Bertz CT molecular complexity index is 984. The van der Waals surface area contributed by atoms with Crippen molar-refractivity contribution in [2.75, 3.05) is 40.0 Å². The second-order valence-corrected chi connectivity index (χ2v) is 9.63. The largest absolute Gasteiger partial charge is 0.491 e. The number of carbonyl (C=O) groups is 3. The van der Waals surface area contributed by atoms with Gasteiger partial charge in [0.1, 0.15) is 24.9 Å². The molecule has 1 aromatic carbocycles. The number of hydrogen-bond acceptors (Lipinski definition) is 8. The highest BCUT2D eigenvalue weighted by Gasteiger charge is 2.50. The lowest BCUT2D eigenvalue weighted by Crippen LogP contribution is -2.45. The molecule has 2 atom stereocenters. The number of benzene rings is 1. The molecule has 2 heterocycles. The Morgan fingerprint density at radius 2 is 1.91 bits per heavy atom. The molecular formula is C20H28N4O8S. The van der Waals surface area contributed by atoms with Crippen LogP contribution in [0.1, 0.15) is 19.8 Å². The zero-order valence-corrected chi connectivity index (χ0v) is 19.3. The fraction of sp³-hybridized carbons (Fsp3) is 0.550. The van der Waals surface area contributed by atoms with E-state index in [1.807, 2.05) is 6.92 Å². The van der Waals surface area contributed by atoms with E-state index in [4.69, 9.17) is 14.7 Å². The molecule has 2 N–H and O–H groups in total. The number of methoxy groups -OCH3 is 1. The van der Waals surface area contributed by atoms with Crippen LogP contribution in [0.4, 0.5) is 4.79 Å². The Labute approximate surface area is 192 Å². The average molecular weight is 485 g/mol. The number of hydrogen-bond donors (Lipinski definition) is 2. The molecule has 182 valence electrons. The summed E-state index contributed by atoms with van der Waals surface area (Å²) in [5, 5.41) is 9.15. The van der Waals surface area contributed by atoms with Crippen molar-refractivity contribution in [2.45, 2.75) is 36.7 Å². The lowest BCUT2D eigenvalue weighted by atomic mass is 10.1. The lowest BCUT2D eigenvalue weighted by Gasteiger charge is -2.23. The van der Waals surface area contributed by atoms with Gasteiger partial charge in [0.15, 0.2) is 0 Å². The second-order valence-electron chi connectivity index (χ2n) is 7.74. The lowest BCUT2D eigenvalue weighted by molar-refractivity contribution is -0.132. The van der Waals surface area contributed by atoms with Crippen LogP contribution in [0.5, 0.6) is 5.75 Å². The maximum Gasteiger partial charge on any atom is 0.327 e. The summed E-state index contributed by atoms with van der Waals surface area (Å²) >= 11 is 0. The number of ether oxygens (including phenoxy) is 2. The third-order valence-corrected chi connectivity index (χ3v) is 7.45. The zero-order chi connectivity index (χ0) is 24.2. The summed E-state index contributed by atoms with van der Waals surface area (Å²) < 4.78 is 37.9. The SMILES string of the molecule is CCCN1CC(=O)N(C2C[C@H](C(=O)NO)N(S(=O)(=O)c3ccc(OCCOC)cc3)C2)C1=O. The van der Waals surface area contributed by atoms with Gasteiger partial charge in [0.05, 0.1) is 17.5 Å². The first-order valence-electron chi connectivity index (χ1n) is 10.5. The van der Waals surface area contributed by atoms with Gasteiger partial charge in [0.2, 0.25) is 10.0 Å². The second kappa shape index (κ2) is 10.5. The molecule has 0 saturated carbocycles. The van der Waals surface area contributed by atoms with Gasteiger partial charge in [-0.15, -0.1) is 0 Å². The molecule has 33 heavy (non-hydrogen) atoms. The minimum Gasteiger partial charge on any atom is -0.491 e. The van der Waals surface area contributed by atoms with E-state index >= 15 is 0 Å². The third-order valence-electron chi connectivity index (χ3n) is 5.56. The Morgan fingerprint density at radius 1 is 1.21 bits per heavy atom. The molecular weight excluding hydrogens is 456 g/mol. The molecule has 0 radical (unpaired) electrons. The number of amides is 4. The molecule has 2 saturated heterocycles. The number of nitrogens with one attached hydrogen (secondary N) is 1. The summed E-state index contributed by atoms with van der Waals surface area (Å²) in [7, 11) is -2.65. The van der Waals surface area contributed by atoms with Crippen molar-refractivity contribution in [1.82, 2.24) is 19.6 Å². The smallest absolute Gasteiger partial charge is 0.327 e. The Balaban J connectivity index is 1.83. The number of nitrogens with zero attached hydrogens (tertiary/aromatic N) is 3. The Kier molecular flexibility index (Phi) is 7.89. The minimum atomic E-state index is -4.19. The van der Waals surface area contributed by atoms with Crippen LogP contribution in [0.25, 0.3) is 0 Å².